The Hall–Kier alpha value is -2.64. The van der Waals surface area contributed by atoms with Gasteiger partial charge in [-0.2, -0.15) is 0 Å². The van der Waals surface area contributed by atoms with E-state index in [0.29, 0.717) is 17.3 Å². The van der Waals surface area contributed by atoms with Crippen molar-refractivity contribution in [2.75, 3.05) is 7.11 Å². The normalized spacial score (nSPS) is 13.8. The third kappa shape index (κ3) is 5.47. The largest absolute Gasteiger partial charge is 0.468 e. The first-order valence-corrected chi connectivity index (χ1v) is 12.2. The summed E-state index contributed by atoms with van der Waals surface area (Å²) in [6.07, 6.45) is 4.41. The molecule has 0 aliphatic carbocycles. The van der Waals surface area contributed by atoms with Crippen LogP contribution in [0.5, 0.6) is 0 Å². The van der Waals surface area contributed by atoms with Gasteiger partial charge in [0.2, 0.25) is 0 Å². The molecule has 0 aliphatic heterocycles. The molecule has 0 N–H and O–H groups in total. The van der Waals surface area contributed by atoms with E-state index in [1.165, 1.54) is 25.4 Å². The number of hydrogen-bond acceptors (Lipinski definition) is 6. The number of carbonyl (C=O) groups excluding carboxylic acids is 2. The molecule has 2 atom stereocenters. The molecular formula is C25H29ClN2O4S. The molecule has 6 nitrogen and oxygen atoms in total. The molecule has 0 radical (unpaired) electrons. The monoisotopic (exact) mass is 488 g/mol. The van der Waals surface area contributed by atoms with E-state index in [9.17, 15) is 9.59 Å². The third-order valence-electron chi connectivity index (χ3n) is 5.66. The summed E-state index contributed by atoms with van der Waals surface area (Å²) in [6, 6.07) is 11.3. The Labute approximate surface area is 203 Å². The molecule has 33 heavy (non-hydrogen) atoms. The molecule has 3 aromatic rings. The fourth-order valence-corrected chi connectivity index (χ4v) is 5.19. The molecule has 176 valence electrons. The molecule has 0 saturated heterocycles. The second-order valence-corrected chi connectivity index (χ2v) is 9.40. The number of hydrogen-bond donors (Lipinski definition) is 0. The van der Waals surface area contributed by atoms with E-state index in [0.717, 1.165) is 35.5 Å². The maximum Gasteiger partial charge on any atom is 0.318 e. The average molecular weight is 489 g/mol. The summed E-state index contributed by atoms with van der Waals surface area (Å²) in [6.45, 7) is 5.64. The van der Waals surface area contributed by atoms with Crippen LogP contribution in [0, 0.1) is 0 Å². The number of esters is 2. The molecule has 8 heteroatoms. The number of rotatable bonds is 10. The summed E-state index contributed by atoms with van der Waals surface area (Å²) in [4.78, 5) is 30.8. The topological polar surface area (TPSA) is 70.4 Å². The summed E-state index contributed by atoms with van der Waals surface area (Å²) < 4.78 is 13.1. The highest BCUT2D eigenvalue weighted by molar-refractivity contribution is 7.10. The molecule has 2 unspecified atom stereocenters. The fraction of sp³-hybridized carbons (Fsp3) is 0.400. The van der Waals surface area contributed by atoms with Gasteiger partial charge in [0.1, 0.15) is 11.7 Å². The van der Waals surface area contributed by atoms with Gasteiger partial charge in [-0.25, -0.2) is 4.98 Å². The Morgan fingerprint density at radius 1 is 1.24 bits per heavy atom. The molecule has 0 amide bonds. The van der Waals surface area contributed by atoms with Crippen molar-refractivity contribution in [3.05, 3.63) is 75.0 Å². The smallest absolute Gasteiger partial charge is 0.318 e. The van der Waals surface area contributed by atoms with Crippen molar-refractivity contribution in [1.29, 1.82) is 0 Å². The van der Waals surface area contributed by atoms with Crippen molar-refractivity contribution in [1.82, 2.24) is 9.55 Å². The SMILES string of the molecule is CCCCc1ncc(C(C)(OC(C)=O)C(C(=O)OC)c2cccs2)n1Cc1ccccc1Cl. The van der Waals surface area contributed by atoms with Gasteiger partial charge in [-0.1, -0.05) is 49.2 Å². The van der Waals surface area contributed by atoms with E-state index in [-0.39, 0.29) is 0 Å². The van der Waals surface area contributed by atoms with E-state index in [2.05, 4.69) is 11.9 Å². The first-order valence-electron chi connectivity index (χ1n) is 10.9. The van der Waals surface area contributed by atoms with Crippen molar-refractivity contribution in [2.24, 2.45) is 0 Å². The number of methoxy groups -OCH3 is 1. The molecule has 0 bridgehead atoms. The third-order valence-corrected chi connectivity index (χ3v) is 6.96. The predicted octanol–water partition coefficient (Wildman–Crippen LogP) is 5.72. The lowest BCUT2D eigenvalue weighted by Gasteiger charge is -2.35. The van der Waals surface area contributed by atoms with Gasteiger partial charge in [-0.05, 0) is 36.4 Å². The van der Waals surface area contributed by atoms with Crippen LogP contribution in [0.15, 0.2) is 48.0 Å². The first-order chi connectivity index (χ1) is 15.8. The lowest BCUT2D eigenvalue weighted by molar-refractivity contribution is -0.167. The van der Waals surface area contributed by atoms with E-state index in [1.807, 2.05) is 46.3 Å². The highest BCUT2D eigenvalue weighted by Crippen LogP contribution is 2.43. The molecular weight excluding hydrogens is 460 g/mol. The second kappa shape index (κ2) is 11.0. The zero-order valence-electron chi connectivity index (χ0n) is 19.3. The Morgan fingerprint density at radius 2 is 2.00 bits per heavy atom. The van der Waals surface area contributed by atoms with Gasteiger partial charge in [0, 0.05) is 23.2 Å². The van der Waals surface area contributed by atoms with E-state index >= 15 is 0 Å². The molecule has 0 spiro atoms. The Bertz CT molecular complexity index is 1100. The van der Waals surface area contributed by atoms with Crippen molar-refractivity contribution in [2.45, 2.75) is 58.1 Å². The van der Waals surface area contributed by atoms with Gasteiger partial charge >= 0.3 is 11.9 Å². The lowest BCUT2D eigenvalue weighted by Crippen LogP contribution is -2.41. The summed E-state index contributed by atoms with van der Waals surface area (Å²) >= 11 is 7.89. The maximum absolute atomic E-state index is 13.1. The van der Waals surface area contributed by atoms with Crippen molar-refractivity contribution in [3.63, 3.8) is 0 Å². The van der Waals surface area contributed by atoms with Crippen LogP contribution in [0.4, 0.5) is 0 Å². The summed E-state index contributed by atoms with van der Waals surface area (Å²) in [5.74, 6) is -0.988. The minimum atomic E-state index is -1.34. The average Bonchev–Trinajstić information content (AvgIpc) is 3.44. The van der Waals surface area contributed by atoms with E-state index in [4.69, 9.17) is 21.1 Å². The predicted molar refractivity (Wildman–Crippen MR) is 130 cm³/mol. The number of ether oxygens (including phenoxy) is 2. The Morgan fingerprint density at radius 3 is 2.61 bits per heavy atom. The molecule has 0 fully saturated rings. The number of unbranched alkanes of at least 4 members (excludes halogenated alkanes) is 1. The van der Waals surface area contributed by atoms with Gasteiger partial charge in [-0.15, -0.1) is 11.3 Å². The Balaban J connectivity index is 2.21. The Kier molecular flexibility index (Phi) is 8.32. The van der Waals surface area contributed by atoms with Crippen LogP contribution >= 0.6 is 22.9 Å². The van der Waals surface area contributed by atoms with E-state index in [1.54, 1.807) is 13.1 Å². The summed E-state index contributed by atoms with van der Waals surface area (Å²) in [5, 5.41) is 2.52. The minimum absolute atomic E-state index is 0.434. The van der Waals surface area contributed by atoms with Crippen LogP contribution in [0.25, 0.3) is 0 Å². The highest BCUT2D eigenvalue weighted by Gasteiger charge is 2.48. The van der Waals surface area contributed by atoms with Gasteiger partial charge in [0.05, 0.1) is 25.5 Å². The molecule has 0 saturated carbocycles. The number of thiophene rings is 1. The lowest BCUT2D eigenvalue weighted by atomic mass is 9.84. The van der Waals surface area contributed by atoms with Crippen LogP contribution < -0.4 is 0 Å². The van der Waals surface area contributed by atoms with Crippen molar-refractivity contribution in [3.8, 4) is 0 Å². The number of aromatic nitrogens is 2. The highest BCUT2D eigenvalue weighted by atomic mass is 35.5. The number of carbonyl (C=O) groups is 2. The summed E-state index contributed by atoms with van der Waals surface area (Å²) in [5.41, 5.74) is 0.183. The van der Waals surface area contributed by atoms with Gasteiger partial charge < -0.3 is 14.0 Å². The molecule has 2 heterocycles. The van der Waals surface area contributed by atoms with Crippen molar-refractivity contribution >= 4 is 34.9 Å². The minimum Gasteiger partial charge on any atom is -0.468 e. The number of benzene rings is 1. The van der Waals surface area contributed by atoms with Crippen molar-refractivity contribution < 1.29 is 19.1 Å². The molecule has 3 rings (SSSR count). The van der Waals surface area contributed by atoms with Gasteiger partial charge in [-0.3, -0.25) is 9.59 Å². The van der Waals surface area contributed by atoms with Crippen LogP contribution in [-0.2, 0) is 37.6 Å². The van der Waals surface area contributed by atoms with E-state index < -0.39 is 23.5 Å². The fourth-order valence-electron chi connectivity index (χ4n) is 4.06. The number of imidazole rings is 1. The van der Waals surface area contributed by atoms with Crippen LogP contribution in [-0.4, -0.2) is 28.6 Å². The maximum atomic E-state index is 13.1. The molecule has 2 aromatic heterocycles. The zero-order chi connectivity index (χ0) is 24.0. The number of nitrogens with zero attached hydrogens (tertiary/aromatic N) is 2. The van der Waals surface area contributed by atoms with Crippen LogP contribution in [0.3, 0.4) is 0 Å². The van der Waals surface area contributed by atoms with Crippen LogP contribution in [0.2, 0.25) is 5.02 Å². The van der Waals surface area contributed by atoms with Gasteiger partial charge in [0.15, 0.2) is 5.60 Å². The zero-order valence-corrected chi connectivity index (χ0v) is 20.9. The second-order valence-electron chi connectivity index (χ2n) is 8.01. The molecule has 0 aliphatic rings. The van der Waals surface area contributed by atoms with Crippen LogP contribution in [0.1, 0.15) is 61.5 Å². The standard InChI is InChI=1S/C25H29ClN2O4S/c1-5-6-13-22-27-15-21(28(22)16-18-10-7-8-11-19(18)26)25(3,32-17(2)29)23(24(30)31-4)20-12-9-14-33-20/h7-12,14-15,23H,5-6,13,16H2,1-4H3. The van der Waals surface area contributed by atoms with Gasteiger partial charge in [0.25, 0.3) is 0 Å². The first kappa shape index (κ1) is 25.0. The number of halogens is 1. The summed E-state index contributed by atoms with van der Waals surface area (Å²) in [7, 11) is 1.34. The quantitative estimate of drug-likeness (QED) is 0.341. The molecule has 1 aromatic carbocycles. The number of aryl methyl sites for hydroxylation is 1.